The van der Waals surface area contributed by atoms with Crippen LogP contribution in [0.5, 0.6) is 0 Å². The number of ether oxygens (including phenoxy) is 1. The number of nitrogens with zero attached hydrogens (tertiary/aromatic N) is 1. The van der Waals surface area contributed by atoms with Gasteiger partial charge in [0.15, 0.2) is 5.43 Å². The summed E-state index contributed by atoms with van der Waals surface area (Å²) in [6.45, 7) is 3.78. The topological polar surface area (TPSA) is 77.4 Å². The van der Waals surface area contributed by atoms with Crippen molar-refractivity contribution in [3.05, 3.63) is 76.1 Å². The number of aryl methyl sites for hydroxylation is 1. The molecule has 0 fully saturated rings. The van der Waals surface area contributed by atoms with Gasteiger partial charge < -0.3 is 14.6 Å². The molecular formula is C21H20N2O4. The lowest BCUT2D eigenvalue weighted by Gasteiger charge is -2.15. The summed E-state index contributed by atoms with van der Waals surface area (Å²) in [6, 6.07) is 15.4. The van der Waals surface area contributed by atoms with Gasteiger partial charge in [-0.3, -0.25) is 9.59 Å². The summed E-state index contributed by atoms with van der Waals surface area (Å²) in [5, 5.41) is 3.32. The number of carbonyl (C=O) groups is 2. The fourth-order valence-electron chi connectivity index (χ4n) is 2.97. The van der Waals surface area contributed by atoms with Crippen molar-refractivity contribution in [2.75, 3.05) is 11.9 Å². The number of amides is 1. The highest BCUT2D eigenvalue weighted by molar-refractivity contribution is 6.01. The molecule has 0 saturated carbocycles. The number of aromatic nitrogens is 1. The van der Waals surface area contributed by atoms with Gasteiger partial charge in [0.25, 0.3) is 0 Å². The van der Waals surface area contributed by atoms with Gasteiger partial charge in [-0.1, -0.05) is 24.3 Å². The Balaban J connectivity index is 1.89. The number of fused-ring (bicyclic) bond motifs is 1. The SMILES string of the molecule is CCOC(=O)c1ccccc1NC(=O)Cn1c(C)cc(=O)c2ccccc21. The number of rotatable bonds is 5. The number of para-hydroxylation sites is 2. The molecule has 0 unspecified atom stereocenters. The Morgan fingerprint density at radius 3 is 2.56 bits per heavy atom. The Bertz CT molecular complexity index is 1070. The molecule has 3 rings (SSSR count). The first kappa shape index (κ1) is 18.4. The normalized spacial score (nSPS) is 10.6. The Labute approximate surface area is 156 Å². The Morgan fingerprint density at radius 1 is 1.07 bits per heavy atom. The third-order valence-corrected chi connectivity index (χ3v) is 4.22. The molecule has 0 radical (unpaired) electrons. The molecular weight excluding hydrogens is 344 g/mol. The van der Waals surface area contributed by atoms with E-state index in [1.807, 2.05) is 12.1 Å². The zero-order valence-electron chi connectivity index (χ0n) is 15.2. The summed E-state index contributed by atoms with van der Waals surface area (Å²) >= 11 is 0. The maximum Gasteiger partial charge on any atom is 0.340 e. The van der Waals surface area contributed by atoms with Gasteiger partial charge in [-0.05, 0) is 38.1 Å². The van der Waals surface area contributed by atoms with E-state index >= 15 is 0 Å². The van der Waals surface area contributed by atoms with Gasteiger partial charge >= 0.3 is 5.97 Å². The zero-order valence-corrected chi connectivity index (χ0v) is 15.2. The number of pyridine rings is 1. The number of carbonyl (C=O) groups excluding carboxylic acids is 2. The predicted molar refractivity (Wildman–Crippen MR) is 104 cm³/mol. The van der Waals surface area contributed by atoms with Crippen LogP contribution in [0, 0.1) is 6.92 Å². The van der Waals surface area contributed by atoms with Crippen LogP contribution in [0.1, 0.15) is 23.0 Å². The summed E-state index contributed by atoms with van der Waals surface area (Å²) in [6.07, 6.45) is 0. The summed E-state index contributed by atoms with van der Waals surface area (Å²) in [4.78, 5) is 36.8. The van der Waals surface area contributed by atoms with E-state index in [2.05, 4.69) is 5.32 Å². The molecule has 0 aliphatic rings. The molecule has 1 heterocycles. The fourth-order valence-corrected chi connectivity index (χ4v) is 2.97. The maximum atomic E-state index is 12.6. The molecule has 3 aromatic rings. The Hall–Kier alpha value is -3.41. The van der Waals surface area contributed by atoms with E-state index in [0.717, 1.165) is 0 Å². The molecule has 1 N–H and O–H groups in total. The van der Waals surface area contributed by atoms with Gasteiger partial charge in [-0.15, -0.1) is 0 Å². The molecule has 0 aliphatic heterocycles. The number of hydrogen-bond donors (Lipinski definition) is 1. The van der Waals surface area contributed by atoms with Gasteiger partial charge in [0.2, 0.25) is 5.91 Å². The first-order chi connectivity index (χ1) is 13.0. The third kappa shape index (κ3) is 3.89. The highest BCUT2D eigenvalue weighted by atomic mass is 16.5. The molecule has 6 nitrogen and oxygen atoms in total. The average molecular weight is 364 g/mol. The second kappa shape index (κ2) is 7.86. The van der Waals surface area contributed by atoms with Crippen molar-refractivity contribution >= 4 is 28.5 Å². The second-order valence-corrected chi connectivity index (χ2v) is 6.07. The van der Waals surface area contributed by atoms with Crippen molar-refractivity contribution in [1.29, 1.82) is 0 Å². The van der Waals surface area contributed by atoms with E-state index in [4.69, 9.17) is 4.74 Å². The van der Waals surface area contributed by atoms with Gasteiger partial charge in [0.05, 0.1) is 23.4 Å². The van der Waals surface area contributed by atoms with Crippen molar-refractivity contribution in [3.8, 4) is 0 Å². The molecule has 138 valence electrons. The Kier molecular flexibility index (Phi) is 5.35. The number of hydrogen-bond acceptors (Lipinski definition) is 4. The zero-order chi connectivity index (χ0) is 19.4. The van der Waals surface area contributed by atoms with E-state index in [0.29, 0.717) is 27.8 Å². The fraction of sp³-hybridized carbons (Fsp3) is 0.190. The maximum absolute atomic E-state index is 12.6. The quantitative estimate of drug-likeness (QED) is 0.706. The van der Waals surface area contributed by atoms with Crippen LogP contribution in [0.15, 0.2) is 59.4 Å². The number of esters is 1. The van der Waals surface area contributed by atoms with E-state index in [9.17, 15) is 14.4 Å². The van der Waals surface area contributed by atoms with E-state index in [1.54, 1.807) is 54.8 Å². The summed E-state index contributed by atoms with van der Waals surface area (Å²) < 4.78 is 6.81. The molecule has 0 aliphatic carbocycles. The molecule has 0 atom stereocenters. The minimum atomic E-state index is -0.488. The van der Waals surface area contributed by atoms with Crippen LogP contribution < -0.4 is 10.7 Å². The molecule has 2 aromatic carbocycles. The minimum absolute atomic E-state index is 0.0176. The standard InChI is InChI=1S/C21H20N2O4/c1-3-27-21(26)15-8-4-6-10-17(15)22-20(25)13-23-14(2)12-19(24)16-9-5-7-11-18(16)23/h4-12H,3,13H2,1-2H3,(H,22,25). The molecule has 0 bridgehead atoms. The molecule has 6 heteroatoms. The van der Waals surface area contributed by atoms with Crippen LogP contribution in [0.25, 0.3) is 10.9 Å². The summed E-state index contributed by atoms with van der Waals surface area (Å²) in [5.74, 6) is -0.790. The smallest absolute Gasteiger partial charge is 0.340 e. The van der Waals surface area contributed by atoms with Crippen molar-refractivity contribution in [1.82, 2.24) is 4.57 Å². The number of benzene rings is 2. The monoisotopic (exact) mass is 364 g/mol. The van der Waals surface area contributed by atoms with Crippen molar-refractivity contribution in [2.45, 2.75) is 20.4 Å². The number of nitrogens with one attached hydrogen (secondary N) is 1. The molecule has 0 spiro atoms. The van der Waals surface area contributed by atoms with E-state index in [1.165, 1.54) is 6.07 Å². The van der Waals surface area contributed by atoms with Crippen LogP contribution in [0.2, 0.25) is 0 Å². The lowest BCUT2D eigenvalue weighted by Crippen LogP contribution is -2.23. The lowest BCUT2D eigenvalue weighted by atomic mass is 10.1. The highest BCUT2D eigenvalue weighted by Crippen LogP contribution is 2.17. The molecule has 27 heavy (non-hydrogen) atoms. The highest BCUT2D eigenvalue weighted by Gasteiger charge is 2.15. The van der Waals surface area contributed by atoms with Gasteiger partial charge in [-0.25, -0.2) is 4.79 Å². The van der Waals surface area contributed by atoms with Crippen LogP contribution in [0.3, 0.4) is 0 Å². The van der Waals surface area contributed by atoms with Gasteiger partial charge in [0.1, 0.15) is 6.54 Å². The van der Waals surface area contributed by atoms with Gasteiger partial charge in [-0.2, -0.15) is 0 Å². The Morgan fingerprint density at radius 2 is 1.78 bits per heavy atom. The molecule has 0 saturated heterocycles. The lowest BCUT2D eigenvalue weighted by molar-refractivity contribution is -0.116. The summed E-state index contributed by atoms with van der Waals surface area (Å²) in [7, 11) is 0. The first-order valence-electron chi connectivity index (χ1n) is 8.66. The van der Waals surface area contributed by atoms with Gasteiger partial charge in [0, 0.05) is 17.1 Å². The average Bonchev–Trinajstić information content (AvgIpc) is 2.66. The predicted octanol–water partition coefficient (Wildman–Crippen LogP) is 3.13. The molecule has 1 aromatic heterocycles. The van der Waals surface area contributed by atoms with Crippen LogP contribution >= 0.6 is 0 Å². The summed E-state index contributed by atoms with van der Waals surface area (Å²) in [5.41, 5.74) is 1.99. The largest absolute Gasteiger partial charge is 0.462 e. The van der Waals surface area contributed by atoms with Crippen LogP contribution in [-0.2, 0) is 16.1 Å². The van der Waals surface area contributed by atoms with Crippen LogP contribution in [-0.4, -0.2) is 23.1 Å². The number of anilines is 1. The molecule has 1 amide bonds. The second-order valence-electron chi connectivity index (χ2n) is 6.07. The van der Waals surface area contributed by atoms with Crippen molar-refractivity contribution < 1.29 is 14.3 Å². The minimum Gasteiger partial charge on any atom is -0.462 e. The van der Waals surface area contributed by atoms with Crippen LogP contribution in [0.4, 0.5) is 5.69 Å². The third-order valence-electron chi connectivity index (χ3n) is 4.22. The van der Waals surface area contributed by atoms with E-state index in [-0.39, 0.29) is 24.5 Å². The van der Waals surface area contributed by atoms with Crippen molar-refractivity contribution in [3.63, 3.8) is 0 Å². The first-order valence-corrected chi connectivity index (χ1v) is 8.66. The van der Waals surface area contributed by atoms with E-state index < -0.39 is 5.97 Å². The van der Waals surface area contributed by atoms with Crippen molar-refractivity contribution in [2.24, 2.45) is 0 Å².